The van der Waals surface area contributed by atoms with E-state index in [1.165, 1.54) is 12.3 Å². The number of aryl methyl sites for hydroxylation is 1. The summed E-state index contributed by atoms with van der Waals surface area (Å²) in [4.78, 5) is 24.4. The Kier molecular flexibility index (Phi) is 4.23. The van der Waals surface area contributed by atoms with Gasteiger partial charge in [0.1, 0.15) is 11.5 Å². The minimum absolute atomic E-state index is 0.234. The summed E-state index contributed by atoms with van der Waals surface area (Å²) in [6.07, 6.45) is 4.94. The van der Waals surface area contributed by atoms with Gasteiger partial charge in [-0.15, -0.1) is 0 Å². The zero-order chi connectivity index (χ0) is 16.1. The van der Waals surface area contributed by atoms with Gasteiger partial charge >= 0.3 is 0 Å². The van der Waals surface area contributed by atoms with E-state index in [2.05, 4.69) is 30.7 Å². The molecule has 0 aromatic carbocycles. The Morgan fingerprint density at radius 2 is 2.04 bits per heavy atom. The van der Waals surface area contributed by atoms with Gasteiger partial charge in [-0.3, -0.25) is 9.78 Å². The van der Waals surface area contributed by atoms with Crippen molar-refractivity contribution in [2.75, 3.05) is 10.6 Å². The van der Waals surface area contributed by atoms with Crippen molar-refractivity contribution < 1.29 is 9.32 Å². The number of pyridine rings is 1. The van der Waals surface area contributed by atoms with Gasteiger partial charge in [0, 0.05) is 31.2 Å². The highest BCUT2D eigenvalue weighted by molar-refractivity contribution is 6.02. The maximum Gasteiger partial charge on any atom is 0.275 e. The van der Waals surface area contributed by atoms with Crippen molar-refractivity contribution in [3.05, 3.63) is 59.9 Å². The number of anilines is 2. The van der Waals surface area contributed by atoms with Crippen LogP contribution >= 0.6 is 0 Å². The number of nitrogens with zero attached hydrogens (tertiary/aromatic N) is 4. The molecule has 8 heteroatoms. The Morgan fingerprint density at radius 1 is 1.22 bits per heavy atom. The Hall–Kier alpha value is -3.29. The average Bonchev–Trinajstić information content (AvgIpc) is 2.99. The normalized spacial score (nSPS) is 10.3. The van der Waals surface area contributed by atoms with Gasteiger partial charge in [-0.2, -0.15) is 0 Å². The molecule has 2 N–H and O–H groups in total. The predicted molar refractivity (Wildman–Crippen MR) is 82.8 cm³/mol. The molecule has 1 amide bonds. The summed E-state index contributed by atoms with van der Waals surface area (Å²) >= 11 is 0. The smallest absolute Gasteiger partial charge is 0.275 e. The molecule has 3 aromatic heterocycles. The minimum atomic E-state index is -0.382. The first-order valence-corrected chi connectivity index (χ1v) is 6.91. The molecule has 0 atom stereocenters. The van der Waals surface area contributed by atoms with Crippen molar-refractivity contribution in [3.8, 4) is 0 Å². The summed E-state index contributed by atoms with van der Waals surface area (Å²) in [5.41, 5.74) is 1.27. The van der Waals surface area contributed by atoms with Crippen LogP contribution in [0.3, 0.4) is 0 Å². The quantitative estimate of drug-likeness (QED) is 0.742. The van der Waals surface area contributed by atoms with Crippen LogP contribution in [-0.4, -0.2) is 26.0 Å². The third kappa shape index (κ3) is 3.88. The summed E-state index contributed by atoms with van der Waals surface area (Å²) in [7, 11) is 0. The SMILES string of the molecule is Cc1cc(NC(=O)c2ccnc(NCc3ccncc3)n2)no1. The van der Waals surface area contributed by atoms with Crippen molar-refractivity contribution in [2.45, 2.75) is 13.5 Å². The van der Waals surface area contributed by atoms with Gasteiger partial charge in [0.05, 0.1) is 0 Å². The van der Waals surface area contributed by atoms with Gasteiger partial charge in [-0.25, -0.2) is 9.97 Å². The van der Waals surface area contributed by atoms with Gasteiger partial charge in [0.25, 0.3) is 5.91 Å². The van der Waals surface area contributed by atoms with Crippen LogP contribution in [0, 0.1) is 6.92 Å². The standard InChI is InChI=1S/C15H14N6O2/c1-10-8-13(21-23-10)20-14(22)12-4-7-17-15(19-12)18-9-11-2-5-16-6-3-11/h2-8H,9H2,1H3,(H,17,18,19)(H,20,21,22). The molecule has 0 unspecified atom stereocenters. The van der Waals surface area contributed by atoms with Crippen molar-refractivity contribution in [3.63, 3.8) is 0 Å². The van der Waals surface area contributed by atoms with Gasteiger partial charge < -0.3 is 15.2 Å². The fraction of sp³-hybridized carbons (Fsp3) is 0.133. The number of amides is 1. The van der Waals surface area contributed by atoms with E-state index in [1.807, 2.05) is 12.1 Å². The molecule has 0 saturated heterocycles. The van der Waals surface area contributed by atoms with Crippen LogP contribution in [0.2, 0.25) is 0 Å². The first kappa shape index (κ1) is 14.6. The molecular weight excluding hydrogens is 296 g/mol. The van der Waals surface area contributed by atoms with E-state index in [0.29, 0.717) is 24.1 Å². The van der Waals surface area contributed by atoms with E-state index in [-0.39, 0.29) is 11.6 Å². The number of nitrogens with one attached hydrogen (secondary N) is 2. The number of carbonyl (C=O) groups is 1. The fourth-order valence-electron chi connectivity index (χ4n) is 1.86. The Morgan fingerprint density at radius 3 is 2.78 bits per heavy atom. The molecule has 0 radical (unpaired) electrons. The molecule has 3 rings (SSSR count). The number of hydrogen-bond donors (Lipinski definition) is 2. The average molecular weight is 310 g/mol. The summed E-state index contributed by atoms with van der Waals surface area (Å²) in [6, 6.07) is 6.93. The van der Waals surface area contributed by atoms with E-state index in [0.717, 1.165) is 5.56 Å². The third-order valence-corrected chi connectivity index (χ3v) is 2.96. The molecule has 0 spiro atoms. The fourth-order valence-corrected chi connectivity index (χ4v) is 1.86. The third-order valence-electron chi connectivity index (χ3n) is 2.96. The van der Waals surface area contributed by atoms with Crippen molar-refractivity contribution in [1.82, 2.24) is 20.1 Å². The van der Waals surface area contributed by atoms with Crippen molar-refractivity contribution in [2.24, 2.45) is 0 Å². The monoisotopic (exact) mass is 310 g/mol. The number of carbonyl (C=O) groups excluding carboxylic acids is 1. The molecule has 0 bridgehead atoms. The Balaban J connectivity index is 1.65. The van der Waals surface area contributed by atoms with Gasteiger partial charge in [-0.05, 0) is 30.7 Å². The largest absolute Gasteiger partial charge is 0.360 e. The molecule has 23 heavy (non-hydrogen) atoms. The second-order valence-corrected chi connectivity index (χ2v) is 4.75. The summed E-state index contributed by atoms with van der Waals surface area (Å²) in [5, 5.41) is 9.38. The lowest BCUT2D eigenvalue weighted by molar-refractivity contribution is 0.102. The van der Waals surface area contributed by atoms with Crippen LogP contribution in [0.25, 0.3) is 0 Å². The molecular formula is C15H14N6O2. The maximum atomic E-state index is 12.1. The highest BCUT2D eigenvalue weighted by atomic mass is 16.5. The number of hydrogen-bond acceptors (Lipinski definition) is 7. The van der Waals surface area contributed by atoms with Crippen LogP contribution in [0.1, 0.15) is 21.8 Å². The molecule has 3 aromatic rings. The van der Waals surface area contributed by atoms with Crippen LogP contribution in [-0.2, 0) is 6.54 Å². The van der Waals surface area contributed by atoms with Crippen LogP contribution in [0.15, 0.2) is 47.4 Å². The first-order chi connectivity index (χ1) is 11.2. The van der Waals surface area contributed by atoms with Crippen LogP contribution < -0.4 is 10.6 Å². The lowest BCUT2D eigenvalue weighted by Crippen LogP contribution is -2.15. The van der Waals surface area contributed by atoms with Crippen molar-refractivity contribution in [1.29, 1.82) is 0 Å². The van der Waals surface area contributed by atoms with Crippen LogP contribution in [0.5, 0.6) is 0 Å². The van der Waals surface area contributed by atoms with Crippen molar-refractivity contribution >= 4 is 17.7 Å². The van der Waals surface area contributed by atoms with E-state index in [1.54, 1.807) is 25.4 Å². The molecule has 8 nitrogen and oxygen atoms in total. The Labute approximate surface area is 132 Å². The molecule has 0 aliphatic carbocycles. The molecule has 3 heterocycles. The highest BCUT2D eigenvalue weighted by Crippen LogP contribution is 2.10. The van der Waals surface area contributed by atoms with E-state index < -0.39 is 0 Å². The maximum absolute atomic E-state index is 12.1. The summed E-state index contributed by atoms with van der Waals surface area (Å²) in [6.45, 7) is 2.28. The number of aromatic nitrogens is 4. The second kappa shape index (κ2) is 6.65. The zero-order valence-corrected chi connectivity index (χ0v) is 12.4. The topological polar surface area (TPSA) is 106 Å². The van der Waals surface area contributed by atoms with Crippen LogP contribution in [0.4, 0.5) is 11.8 Å². The molecule has 0 aliphatic heterocycles. The van der Waals surface area contributed by atoms with Gasteiger partial charge in [0.2, 0.25) is 5.95 Å². The zero-order valence-electron chi connectivity index (χ0n) is 12.4. The van der Waals surface area contributed by atoms with Gasteiger partial charge in [-0.1, -0.05) is 5.16 Å². The van der Waals surface area contributed by atoms with E-state index >= 15 is 0 Å². The second-order valence-electron chi connectivity index (χ2n) is 4.75. The first-order valence-electron chi connectivity index (χ1n) is 6.91. The van der Waals surface area contributed by atoms with Gasteiger partial charge in [0.15, 0.2) is 5.82 Å². The predicted octanol–water partition coefficient (Wildman–Crippen LogP) is 2.03. The molecule has 0 aliphatic rings. The lowest BCUT2D eigenvalue weighted by atomic mass is 10.3. The lowest BCUT2D eigenvalue weighted by Gasteiger charge is -2.06. The number of rotatable bonds is 5. The minimum Gasteiger partial charge on any atom is -0.360 e. The highest BCUT2D eigenvalue weighted by Gasteiger charge is 2.11. The Bertz CT molecular complexity index is 802. The summed E-state index contributed by atoms with van der Waals surface area (Å²) in [5.74, 6) is 0.943. The van der Waals surface area contributed by atoms with E-state index in [9.17, 15) is 4.79 Å². The molecule has 0 fully saturated rings. The summed E-state index contributed by atoms with van der Waals surface area (Å²) < 4.78 is 4.90. The molecule has 0 saturated carbocycles. The van der Waals surface area contributed by atoms with E-state index in [4.69, 9.17) is 4.52 Å². The molecule has 116 valence electrons.